The first kappa shape index (κ1) is 19.5. The van der Waals surface area contributed by atoms with E-state index in [0.29, 0.717) is 12.5 Å². The van der Waals surface area contributed by atoms with Gasteiger partial charge in [0.15, 0.2) is 0 Å². The van der Waals surface area contributed by atoms with Crippen molar-refractivity contribution in [1.29, 1.82) is 0 Å². The molecule has 2 aliphatic carbocycles. The van der Waals surface area contributed by atoms with Gasteiger partial charge in [0.2, 0.25) is 5.91 Å². The predicted octanol–water partition coefficient (Wildman–Crippen LogP) is 3.43. The minimum atomic E-state index is -0.0194. The number of amides is 3. The van der Waals surface area contributed by atoms with E-state index < -0.39 is 0 Å². The van der Waals surface area contributed by atoms with Gasteiger partial charge in [-0.2, -0.15) is 0 Å². The molecule has 2 saturated carbocycles. The Bertz CT molecular complexity index is 693. The Hall–Kier alpha value is -2.24. The van der Waals surface area contributed by atoms with Gasteiger partial charge < -0.3 is 20.4 Å². The van der Waals surface area contributed by atoms with Crippen LogP contribution >= 0.6 is 0 Å². The van der Waals surface area contributed by atoms with Crippen LogP contribution in [0.2, 0.25) is 0 Å². The van der Waals surface area contributed by atoms with E-state index in [2.05, 4.69) is 15.5 Å². The van der Waals surface area contributed by atoms with Crippen molar-refractivity contribution in [3.8, 4) is 0 Å². The van der Waals surface area contributed by atoms with Crippen LogP contribution < -0.4 is 15.5 Å². The first-order chi connectivity index (χ1) is 12.8. The molecule has 0 atom stereocenters. The maximum Gasteiger partial charge on any atom is 0.317 e. The lowest BCUT2D eigenvalue weighted by atomic mass is 10.1. The van der Waals surface area contributed by atoms with Crippen LogP contribution in [0.15, 0.2) is 18.2 Å². The summed E-state index contributed by atoms with van der Waals surface area (Å²) in [6.45, 7) is 5.28. The largest absolute Gasteiger partial charge is 0.377 e. The summed E-state index contributed by atoms with van der Waals surface area (Å²) < 4.78 is 0. The molecule has 2 N–H and O–H groups in total. The van der Waals surface area contributed by atoms with Crippen molar-refractivity contribution in [2.24, 2.45) is 11.8 Å². The number of carbonyl (C=O) groups excluding carboxylic acids is 2. The van der Waals surface area contributed by atoms with E-state index in [1.165, 1.54) is 12.8 Å². The number of benzene rings is 1. The third kappa shape index (κ3) is 5.62. The van der Waals surface area contributed by atoms with E-state index in [9.17, 15) is 9.59 Å². The first-order valence-electron chi connectivity index (χ1n) is 10.00. The average Bonchev–Trinajstić information content (AvgIpc) is 3.46. The van der Waals surface area contributed by atoms with Crippen LogP contribution in [0.4, 0.5) is 16.2 Å². The molecule has 148 valence electrons. The van der Waals surface area contributed by atoms with Gasteiger partial charge >= 0.3 is 6.03 Å². The van der Waals surface area contributed by atoms with Crippen molar-refractivity contribution in [2.75, 3.05) is 30.9 Å². The summed E-state index contributed by atoms with van der Waals surface area (Å²) in [5, 5.41) is 6.04. The molecule has 0 bridgehead atoms. The van der Waals surface area contributed by atoms with Gasteiger partial charge in [-0.3, -0.25) is 4.79 Å². The molecule has 0 aromatic heterocycles. The summed E-state index contributed by atoms with van der Waals surface area (Å²) in [7, 11) is 4.00. The van der Waals surface area contributed by atoms with Gasteiger partial charge in [-0.15, -0.1) is 0 Å². The summed E-state index contributed by atoms with van der Waals surface area (Å²) in [6, 6.07) is 6.07. The summed E-state index contributed by atoms with van der Waals surface area (Å²) >= 11 is 0. The Kier molecular flexibility index (Phi) is 5.92. The van der Waals surface area contributed by atoms with E-state index in [1.807, 2.05) is 51.0 Å². The molecule has 0 heterocycles. The summed E-state index contributed by atoms with van der Waals surface area (Å²) in [5.41, 5.74) is 2.92. The Morgan fingerprint density at radius 2 is 1.85 bits per heavy atom. The van der Waals surface area contributed by atoms with Crippen LogP contribution in [-0.4, -0.2) is 43.5 Å². The molecule has 2 fully saturated rings. The van der Waals surface area contributed by atoms with Gasteiger partial charge in [-0.1, -0.05) is 0 Å². The Labute approximate surface area is 162 Å². The Morgan fingerprint density at radius 1 is 1.15 bits per heavy atom. The number of nitrogens with one attached hydrogen (secondary N) is 2. The summed E-state index contributed by atoms with van der Waals surface area (Å²) in [4.78, 5) is 28.8. The fourth-order valence-electron chi connectivity index (χ4n) is 3.19. The molecule has 2 aliphatic rings. The number of urea groups is 1. The maximum atomic E-state index is 12.7. The zero-order valence-electron chi connectivity index (χ0n) is 16.9. The molecule has 0 spiro atoms. The topological polar surface area (TPSA) is 64.7 Å². The van der Waals surface area contributed by atoms with Crippen molar-refractivity contribution in [3.05, 3.63) is 23.8 Å². The highest BCUT2D eigenvalue weighted by atomic mass is 16.2. The fraction of sp³-hybridized carbons (Fsp3) is 0.619. The van der Waals surface area contributed by atoms with Crippen LogP contribution in [0.5, 0.6) is 0 Å². The zero-order valence-corrected chi connectivity index (χ0v) is 16.9. The highest BCUT2D eigenvalue weighted by Gasteiger charge is 2.30. The number of hydrogen-bond donors (Lipinski definition) is 2. The smallest absolute Gasteiger partial charge is 0.317 e. The van der Waals surface area contributed by atoms with Crippen LogP contribution in [0.3, 0.4) is 0 Å². The highest BCUT2D eigenvalue weighted by Crippen LogP contribution is 2.33. The molecule has 3 amide bonds. The van der Waals surface area contributed by atoms with Crippen molar-refractivity contribution >= 4 is 23.3 Å². The number of carbonyl (C=O) groups is 2. The van der Waals surface area contributed by atoms with Gasteiger partial charge in [-0.25, -0.2) is 4.79 Å². The van der Waals surface area contributed by atoms with Crippen LogP contribution in [0.1, 0.15) is 45.1 Å². The molecular weight excluding hydrogens is 340 g/mol. The third-order valence-electron chi connectivity index (χ3n) is 5.01. The van der Waals surface area contributed by atoms with Gasteiger partial charge in [0, 0.05) is 50.5 Å². The molecule has 0 radical (unpaired) electrons. The second-order valence-electron chi connectivity index (χ2n) is 8.43. The molecular formula is C21H32N4O2. The molecule has 0 unspecified atom stereocenters. The Morgan fingerprint density at radius 3 is 2.41 bits per heavy atom. The molecule has 0 aliphatic heterocycles. The van der Waals surface area contributed by atoms with E-state index in [1.54, 1.807) is 0 Å². The van der Waals surface area contributed by atoms with Crippen molar-refractivity contribution < 1.29 is 9.59 Å². The average molecular weight is 373 g/mol. The molecule has 27 heavy (non-hydrogen) atoms. The third-order valence-corrected chi connectivity index (χ3v) is 5.01. The lowest BCUT2D eigenvalue weighted by Gasteiger charge is -2.27. The fourth-order valence-corrected chi connectivity index (χ4v) is 3.19. The number of hydrogen-bond acceptors (Lipinski definition) is 3. The van der Waals surface area contributed by atoms with E-state index in [-0.39, 0.29) is 23.9 Å². The standard InChI is InChI=1S/C21H32N4O2/c1-14(2)22-21(27)25(12-15-5-6-15)13-17-11-18(9-10-19(17)24(3)4)23-20(26)16-7-8-16/h9-11,14-16H,5-8,12-13H2,1-4H3,(H,22,27)(H,23,26). The Balaban J connectivity index is 1.79. The second kappa shape index (κ2) is 8.19. The maximum absolute atomic E-state index is 12.7. The second-order valence-corrected chi connectivity index (χ2v) is 8.43. The molecule has 1 aromatic carbocycles. The van der Waals surface area contributed by atoms with E-state index in [4.69, 9.17) is 0 Å². The quantitative estimate of drug-likeness (QED) is 0.735. The number of nitrogens with zero attached hydrogens (tertiary/aromatic N) is 2. The highest BCUT2D eigenvalue weighted by molar-refractivity contribution is 5.94. The predicted molar refractivity (Wildman–Crippen MR) is 109 cm³/mol. The van der Waals surface area contributed by atoms with Gasteiger partial charge in [0.05, 0.1) is 0 Å². The van der Waals surface area contributed by atoms with Crippen molar-refractivity contribution in [3.63, 3.8) is 0 Å². The summed E-state index contributed by atoms with van der Waals surface area (Å²) in [5.74, 6) is 0.888. The van der Waals surface area contributed by atoms with Gasteiger partial charge in [0.25, 0.3) is 0 Å². The normalized spacial score (nSPS) is 16.2. The van der Waals surface area contributed by atoms with Crippen molar-refractivity contribution in [2.45, 2.75) is 52.1 Å². The zero-order chi connectivity index (χ0) is 19.6. The van der Waals surface area contributed by atoms with Crippen LogP contribution in [0, 0.1) is 11.8 Å². The SMILES string of the molecule is CC(C)NC(=O)N(Cc1cc(NC(=O)C2CC2)ccc1N(C)C)CC1CC1. The molecule has 1 aromatic rings. The molecule has 6 heteroatoms. The molecule has 0 saturated heterocycles. The molecule has 3 rings (SSSR count). The van der Waals surface area contributed by atoms with Crippen LogP contribution in [0.25, 0.3) is 0 Å². The minimum absolute atomic E-state index is 0.0194. The minimum Gasteiger partial charge on any atom is -0.377 e. The summed E-state index contributed by atoms with van der Waals surface area (Å²) in [6.07, 6.45) is 4.37. The lowest BCUT2D eigenvalue weighted by Crippen LogP contribution is -2.43. The molecule has 6 nitrogen and oxygen atoms in total. The van der Waals surface area contributed by atoms with Gasteiger partial charge in [-0.05, 0) is 69.2 Å². The van der Waals surface area contributed by atoms with Crippen LogP contribution in [-0.2, 0) is 11.3 Å². The monoisotopic (exact) mass is 372 g/mol. The number of anilines is 2. The van der Waals surface area contributed by atoms with E-state index >= 15 is 0 Å². The number of rotatable bonds is 8. The van der Waals surface area contributed by atoms with Crippen molar-refractivity contribution in [1.82, 2.24) is 10.2 Å². The van der Waals surface area contributed by atoms with E-state index in [0.717, 1.165) is 36.3 Å². The first-order valence-corrected chi connectivity index (χ1v) is 10.00. The lowest BCUT2D eigenvalue weighted by molar-refractivity contribution is -0.117. The van der Waals surface area contributed by atoms with Gasteiger partial charge in [0.1, 0.15) is 0 Å².